The van der Waals surface area contributed by atoms with E-state index < -0.39 is 17.8 Å². The van der Waals surface area contributed by atoms with Gasteiger partial charge in [0.05, 0.1) is 12.2 Å². The van der Waals surface area contributed by atoms with Gasteiger partial charge in [-0.15, -0.1) is 0 Å². The van der Waals surface area contributed by atoms with Gasteiger partial charge in [-0.2, -0.15) is 13.2 Å². The Balaban J connectivity index is 2.22. The SMILES string of the molecule is CCOC(=O)C1CN(C)CCN1Cc1ccccc1C(F)(F)F. The van der Waals surface area contributed by atoms with Gasteiger partial charge in [0, 0.05) is 26.2 Å². The number of benzene rings is 1. The van der Waals surface area contributed by atoms with Crippen LogP contribution in [-0.4, -0.2) is 55.1 Å². The molecule has 1 heterocycles. The van der Waals surface area contributed by atoms with E-state index in [0.29, 0.717) is 19.6 Å². The molecule has 0 aromatic heterocycles. The minimum atomic E-state index is -4.40. The summed E-state index contributed by atoms with van der Waals surface area (Å²) in [5.74, 6) is -0.386. The van der Waals surface area contributed by atoms with Crippen molar-refractivity contribution in [1.29, 1.82) is 0 Å². The van der Waals surface area contributed by atoms with E-state index in [4.69, 9.17) is 4.74 Å². The number of piperazine rings is 1. The average molecular weight is 330 g/mol. The summed E-state index contributed by atoms with van der Waals surface area (Å²) in [6, 6.07) is 4.95. The Morgan fingerprint density at radius 1 is 1.30 bits per heavy atom. The third kappa shape index (κ3) is 4.45. The Bertz CT molecular complexity index is 548. The average Bonchev–Trinajstić information content (AvgIpc) is 2.49. The van der Waals surface area contributed by atoms with E-state index in [1.54, 1.807) is 17.9 Å². The van der Waals surface area contributed by atoms with E-state index in [9.17, 15) is 18.0 Å². The van der Waals surface area contributed by atoms with Crippen molar-refractivity contribution in [3.05, 3.63) is 35.4 Å². The zero-order valence-corrected chi connectivity index (χ0v) is 13.3. The fourth-order valence-electron chi connectivity index (χ4n) is 2.76. The van der Waals surface area contributed by atoms with Crippen molar-refractivity contribution in [2.24, 2.45) is 0 Å². The van der Waals surface area contributed by atoms with E-state index >= 15 is 0 Å². The largest absolute Gasteiger partial charge is 0.465 e. The van der Waals surface area contributed by atoms with Gasteiger partial charge in [-0.1, -0.05) is 18.2 Å². The molecule has 0 amide bonds. The molecule has 1 aliphatic heterocycles. The van der Waals surface area contributed by atoms with Crippen molar-refractivity contribution >= 4 is 5.97 Å². The number of alkyl halides is 3. The van der Waals surface area contributed by atoms with Gasteiger partial charge in [0.15, 0.2) is 0 Å². The Morgan fingerprint density at radius 3 is 2.65 bits per heavy atom. The highest BCUT2D eigenvalue weighted by molar-refractivity contribution is 5.76. The molecule has 1 saturated heterocycles. The molecule has 0 aliphatic carbocycles. The molecule has 1 unspecified atom stereocenters. The number of nitrogens with zero attached hydrogens (tertiary/aromatic N) is 2. The lowest BCUT2D eigenvalue weighted by Crippen LogP contribution is -2.55. The van der Waals surface area contributed by atoms with Gasteiger partial charge in [0.2, 0.25) is 0 Å². The van der Waals surface area contributed by atoms with Crippen LogP contribution in [0.1, 0.15) is 18.1 Å². The molecule has 0 N–H and O–H groups in total. The molecule has 1 aromatic rings. The van der Waals surface area contributed by atoms with Crippen molar-refractivity contribution < 1.29 is 22.7 Å². The Morgan fingerprint density at radius 2 is 2.00 bits per heavy atom. The molecule has 0 spiro atoms. The first-order chi connectivity index (χ1) is 10.8. The molecule has 1 aromatic carbocycles. The van der Waals surface area contributed by atoms with Crippen molar-refractivity contribution in [3.63, 3.8) is 0 Å². The highest BCUT2D eigenvalue weighted by atomic mass is 19.4. The standard InChI is InChI=1S/C16H21F3N2O2/c1-3-23-15(22)14-11-20(2)8-9-21(14)10-12-6-4-5-7-13(12)16(17,18)19/h4-7,14H,3,8-11H2,1-2H3. The summed E-state index contributed by atoms with van der Waals surface area (Å²) in [5.41, 5.74) is -0.472. The maximum atomic E-state index is 13.1. The molecule has 128 valence electrons. The van der Waals surface area contributed by atoms with Gasteiger partial charge >= 0.3 is 12.1 Å². The van der Waals surface area contributed by atoms with Gasteiger partial charge in [-0.05, 0) is 25.6 Å². The van der Waals surface area contributed by atoms with Crippen LogP contribution in [0.15, 0.2) is 24.3 Å². The maximum absolute atomic E-state index is 13.1. The second-order valence-corrected chi connectivity index (χ2v) is 5.66. The zero-order chi connectivity index (χ0) is 17.0. The van der Waals surface area contributed by atoms with Crippen LogP contribution in [0.2, 0.25) is 0 Å². The third-order valence-electron chi connectivity index (χ3n) is 3.95. The van der Waals surface area contributed by atoms with Crippen LogP contribution in [-0.2, 0) is 22.3 Å². The van der Waals surface area contributed by atoms with Crippen LogP contribution in [0.25, 0.3) is 0 Å². The number of esters is 1. The number of halogens is 3. The minimum absolute atomic E-state index is 0.0764. The van der Waals surface area contributed by atoms with Crippen LogP contribution in [0, 0.1) is 0 Å². The molecule has 0 radical (unpaired) electrons. The molecule has 1 atom stereocenters. The number of hydrogen-bond donors (Lipinski definition) is 0. The Hall–Kier alpha value is -1.60. The molecule has 1 fully saturated rings. The molecular formula is C16H21F3N2O2. The van der Waals surface area contributed by atoms with E-state index in [1.807, 2.05) is 11.9 Å². The summed E-state index contributed by atoms with van der Waals surface area (Å²) in [4.78, 5) is 15.9. The Kier molecular flexibility index (Phi) is 5.64. The second kappa shape index (κ2) is 7.31. The van der Waals surface area contributed by atoms with E-state index in [1.165, 1.54) is 12.1 Å². The Labute approximate surface area is 133 Å². The normalized spacial score (nSPS) is 20.5. The summed E-state index contributed by atoms with van der Waals surface area (Å²) < 4.78 is 44.4. The summed E-state index contributed by atoms with van der Waals surface area (Å²) in [6.45, 7) is 3.72. The molecule has 0 saturated carbocycles. The summed E-state index contributed by atoms with van der Waals surface area (Å²) in [7, 11) is 1.88. The monoisotopic (exact) mass is 330 g/mol. The lowest BCUT2D eigenvalue weighted by molar-refractivity contribution is -0.152. The number of likely N-dealkylation sites (N-methyl/N-ethyl adjacent to an activating group) is 1. The van der Waals surface area contributed by atoms with E-state index in [0.717, 1.165) is 6.07 Å². The minimum Gasteiger partial charge on any atom is -0.465 e. The highest BCUT2D eigenvalue weighted by Gasteiger charge is 2.36. The highest BCUT2D eigenvalue weighted by Crippen LogP contribution is 2.32. The van der Waals surface area contributed by atoms with Crippen LogP contribution < -0.4 is 0 Å². The fraction of sp³-hybridized carbons (Fsp3) is 0.562. The van der Waals surface area contributed by atoms with Crippen molar-refractivity contribution in [3.8, 4) is 0 Å². The van der Waals surface area contributed by atoms with Crippen molar-refractivity contribution in [1.82, 2.24) is 9.80 Å². The van der Waals surface area contributed by atoms with E-state index in [2.05, 4.69) is 0 Å². The smallest absolute Gasteiger partial charge is 0.416 e. The molecule has 7 heteroatoms. The number of carbonyl (C=O) groups is 1. The summed E-state index contributed by atoms with van der Waals surface area (Å²) in [5, 5.41) is 0. The lowest BCUT2D eigenvalue weighted by atomic mass is 10.0. The number of hydrogen-bond acceptors (Lipinski definition) is 4. The van der Waals surface area contributed by atoms with Gasteiger partial charge in [-0.25, -0.2) is 0 Å². The molecule has 0 bridgehead atoms. The van der Waals surface area contributed by atoms with Crippen molar-refractivity contribution in [2.75, 3.05) is 33.3 Å². The van der Waals surface area contributed by atoms with Crippen LogP contribution in [0.5, 0.6) is 0 Å². The predicted octanol–water partition coefficient (Wildman–Crippen LogP) is 2.38. The number of carbonyl (C=O) groups excluding carboxylic acids is 1. The first kappa shape index (κ1) is 17.7. The van der Waals surface area contributed by atoms with Gasteiger partial charge in [0.1, 0.15) is 6.04 Å². The zero-order valence-electron chi connectivity index (χ0n) is 13.3. The summed E-state index contributed by atoms with van der Waals surface area (Å²) in [6.07, 6.45) is -4.40. The molecular weight excluding hydrogens is 309 g/mol. The number of rotatable bonds is 4. The maximum Gasteiger partial charge on any atom is 0.416 e. The first-order valence-electron chi connectivity index (χ1n) is 7.57. The first-order valence-corrected chi connectivity index (χ1v) is 7.57. The molecule has 1 aliphatic rings. The van der Waals surface area contributed by atoms with Gasteiger partial charge < -0.3 is 9.64 Å². The van der Waals surface area contributed by atoms with Crippen molar-refractivity contribution in [2.45, 2.75) is 25.7 Å². The second-order valence-electron chi connectivity index (χ2n) is 5.66. The van der Waals surface area contributed by atoms with Gasteiger partial charge in [0.25, 0.3) is 0 Å². The van der Waals surface area contributed by atoms with Crippen LogP contribution >= 0.6 is 0 Å². The predicted molar refractivity (Wildman–Crippen MR) is 79.8 cm³/mol. The topological polar surface area (TPSA) is 32.8 Å². The fourth-order valence-corrected chi connectivity index (χ4v) is 2.76. The molecule has 2 rings (SSSR count). The lowest BCUT2D eigenvalue weighted by Gasteiger charge is -2.38. The van der Waals surface area contributed by atoms with Gasteiger partial charge in [-0.3, -0.25) is 9.69 Å². The summed E-state index contributed by atoms with van der Waals surface area (Å²) >= 11 is 0. The molecule has 23 heavy (non-hydrogen) atoms. The van der Waals surface area contributed by atoms with Crippen LogP contribution in [0.4, 0.5) is 13.2 Å². The molecule has 4 nitrogen and oxygen atoms in total. The number of ether oxygens (including phenoxy) is 1. The quantitative estimate of drug-likeness (QED) is 0.794. The van der Waals surface area contributed by atoms with Crippen LogP contribution in [0.3, 0.4) is 0 Å². The van der Waals surface area contributed by atoms with E-state index in [-0.39, 0.29) is 24.7 Å². The third-order valence-corrected chi connectivity index (χ3v) is 3.95.